The number of alkyl halides is 2. The van der Waals surface area contributed by atoms with E-state index in [9.17, 15) is 23.8 Å². The van der Waals surface area contributed by atoms with Gasteiger partial charge in [0.05, 0.1) is 24.7 Å². The molecule has 1 aliphatic rings. The summed E-state index contributed by atoms with van der Waals surface area (Å²) in [5.41, 5.74) is 2.80. The van der Waals surface area contributed by atoms with Gasteiger partial charge < -0.3 is 25.6 Å². The van der Waals surface area contributed by atoms with Gasteiger partial charge in [0.1, 0.15) is 5.75 Å². The molecule has 0 saturated heterocycles. The van der Waals surface area contributed by atoms with Gasteiger partial charge in [-0.25, -0.2) is 9.97 Å². The van der Waals surface area contributed by atoms with Gasteiger partial charge in [0.15, 0.2) is 0 Å². The second-order valence-electron chi connectivity index (χ2n) is 8.29. The smallest absolute Gasteiger partial charge is 0.387 e. The Morgan fingerprint density at radius 1 is 1.03 bits per heavy atom. The predicted octanol–water partition coefficient (Wildman–Crippen LogP) is 3.59. The van der Waals surface area contributed by atoms with Crippen LogP contribution in [0.2, 0.25) is 0 Å². The molecule has 0 aliphatic heterocycles. The number of carbonyl (C=O) groups excluding carboxylic acids is 1. The molecule has 2 aromatic carbocycles. The highest BCUT2D eigenvalue weighted by Gasteiger charge is 2.29. The number of carbonyl (C=O) groups is 1. The topological polar surface area (TPSA) is 117 Å². The molecular weight excluding hydrogens is 458 g/mol. The minimum atomic E-state index is -2.87. The molecule has 3 unspecified atom stereocenters. The highest BCUT2D eigenvalue weighted by molar-refractivity contribution is 5.84. The van der Waals surface area contributed by atoms with Crippen LogP contribution in [0.5, 0.6) is 5.75 Å². The maximum absolute atomic E-state index is 12.6. The maximum Gasteiger partial charge on any atom is 0.387 e. The number of aromatic nitrogens is 2. The van der Waals surface area contributed by atoms with Crippen LogP contribution in [-0.4, -0.2) is 51.5 Å². The number of ether oxygens (including phenoxy) is 1. The van der Waals surface area contributed by atoms with Crippen molar-refractivity contribution in [3.63, 3.8) is 0 Å². The van der Waals surface area contributed by atoms with Gasteiger partial charge in [0, 0.05) is 23.6 Å². The monoisotopic (exact) mass is 484 g/mol. The van der Waals surface area contributed by atoms with E-state index in [4.69, 9.17) is 0 Å². The molecule has 0 spiro atoms. The number of hydrogen-bond donors (Lipinski definition) is 4. The lowest BCUT2D eigenvalue weighted by molar-refractivity contribution is -0.124. The van der Waals surface area contributed by atoms with E-state index in [2.05, 4.69) is 25.3 Å². The number of aliphatic hydroxyl groups is 2. The van der Waals surface area contributed by atoms with Crippen LogP contribution < -0.4 is 15.4 Å². The Kier molecular flexibility index (Phi) is 7.84. The molecule has 0 radical (unpaired) electrons. The number of benzene rings is 2. The lowest BCUT2D eigenvalue weighted by Gasteiger charge is -2.21. The molecule has 1 fully saturated rings. The molecule has 3 aromatic rings. The van der Waals surface area contributed by atoms with Crippen LogP contribution >= 0.6 is 0 Å². The van der Waals surface area contributed by atoms with Crippen LogP contribution in [0.25, 0.3) is 11.1 Å². The van der Waals surface area contributed by atoms with Crippen molar-refractivity contribution in [2.75, 3.05) is 11.9 Å². The molecule has 184 valence electrons. The first-order valence-electron chi connectivity index (χ1n) is 11.3. The van der Waals surface area contributed by atoms with Crippen molar-refractivity contribution in [1.82, 2.24) is 15.3 Å². The molecule has 4 rings (SSSR count). The first kappa shape index (κ1) is 24.5. The van der Waals surface area contributed by atoms with Crippen molar-refractivity contribution in [1.29, 1.82) is 0 Å². The summed E-state index contributed by atoms with van der Waals surface area (Å²) in [4.78, 5) is 21.2. The third-order valence-electron chi connectivity index (χ3n) is 5.94. The quantitative estimate of drug-likeness (QED) is 0.367. The summed E-state index contributed by atoms with van der Waals surface area (Å²) in [5, 5.41) is 25.6. The van der Waals surface area contributed by atoms with E-state index in [1.807, 2.05) is 0 Å². The average molecular weight is 485 g/mol. The molecule has 1 saturated carbocycles. The fraction of sp³-hybridized carbons (Fsp3) is 0.320. The first-order valence-corrected chi connectivity index (χ1v) is 11.3. The number of rotatable bonds is 9. The fourth-order valence-corrected chi connectivity index (χ4v) is 4.03. The first-order chi connectivity index (χ1) is 16.9. The minimum absolute atomic E-state index is 0.0726. The number of amides is 1. The molecular formula is C25H26F2N4O4. The molecule has 0 bridgehead atoms. The summed E-state index contributed by atoms with van der Waals surface area (Å²) < 4.78 is 28.9. The van der Waals surface area contributed by atoms with Gasteiger partial charge in [-0.1, -0.05) is 24.3 Å². The Hall–Kier alpha value is -3.63. The Bertz CT molecular complexity index is 1110. The normalized spacial score (nSPS) is 18.3. The summed E-state index contributed by atoms with van der Waals surface area (Å²) in [7, 11) is 0. The molecule has 1 heterocycles. The van der Waals surface area contributed by atoms with Crippen LogP contribution in [0, 0.1) is 0 Å². The standard InChI is InChI=1S/C25H26F2N4O4/c26-24(27)35-19-10-6-15(7-11-19)17-12-28-25(29-13-17)30-18-8-4-16(5-9-18)20(14-32)23(34)31-21-2-1-3-22(21)33/h4-13,20-22,24,32-33H,1-3,14H2,(H,31,34)(H,28,29,30). The zero-order valence-electron chi connectivity index (χ0n) is 18.8. The SMILES string of the molecule is O=C(NC1CCCC1O)C(CO)c1ccc(Nc2ncc(-c3ccc(OC(F)F)cc3)cn2)cc1. The molecule has 4 N–H and O–H groups in total. The van der Waals surface area contributed by atoms with Crippen molar-refractivity contribution in [2.45, 2.75) is 43.9 Å². The highest BCUT2D eigenvalue weighted by atomic mass is 19.3. The zero-order chi connectivity index (χ0) is 24.8. The van der Waals surface area contributed by atoms with E-state index in [0.717, 1.165) is 18.4 Å². The van der Waals surface area contributed by atoms with Gasteiger partial charge in [-0.2, -0.15) is 8.78 Å². The largest absolute Gasteiger partial charge is 0.435 e. The molecule has 35 heavy (non-hydrogen) atoms. The molecule has 10 heteroatoms. The second-order valence-corrected chi connectivity index (χ2v) is 8.29. The highest BCUT2D eigenvalue weighted by Crippen LogP contribution is 2.25. The summed E-state index contributed by atoms with van der Waals surface area (Å²) >= 11 is 0. The van der Waals surface area contributed by atoms with Gasteiger partial charge in [0.2, 0.25) is 11.9 Å². The third kappa shape index (κ3) is 6.28. The van der Waals surface area contributed by atoms with Gasteiger partial charge in [-0.3, -0.25) is 4.79 Å². The molecule has 3 atom stereocenters. The summed E-state index contributed by atoms with van der Waals surface area (Å²) in [5.74, 6) is -0.619. The summed E-state index contributed by atoms with van der Waals surface area (Å²) in [6, 6.07) is 12.9. The number of nitrogens with zero attached hydrogens (tertiary/aromatic N) is 2. The van der Waals surface area contributed by atoms with Crippen molar-refractivity contribution >= 4 is 17.5 Å². The Labute approximate surface area is 201 Å². The van der Waals surface area contributed by atoms with Crippen LogP contribution in [-0.2, 0) is 4.79 Å². The van der Waals surface area contributed by atoms with Crippen LogP contribution in [0.3, 0.4) is 0 Å². The number of anilines is 2. The Morgan fingerprint density at radius 2 is 1.71 bits per heavy atom. The third-order valence-corrected chi connectivity index (χ3v) is 5.94. The van der Waals surface area contributed by atoms with Gasteiger partial charge in [-0.05, 0) is 54.7 Å². The average Bonchev–Trinajstić information content (AvgIpc) is 3.25. The van der Waals surface area contributed by atoms with E-state index in [0.29, 0.717) is 29.2 Å². The van der Waals surface area contributed by atoms with E-state index in [1.165, 1.54) is 12.1 Å². The van der Waals surface area contributed by atoms with E-state index in [-0.39, 0.29) is 24.3 Å². The van der Waals surface area contributed by atoms with Gasteiger partial charge in [-0.15, -0.1) is 0 Å². The fourth-order valence-electron chi connectivity index (χ4n) is 4.03. The summed E-state index contributed by atoms with van der Waals surface area (Å²) in [6.45, 7) is -3.22. The second kappa shape index (κ2) is 11.2. The molecule has 1 aromatic heterocycles. The molecule has 8 nitrogen and oxygen atoms in total. The van der Waals surface area contributed by atoms with Crippen molar-refractivity contribution in [3.05, 3.63) is 66.5 Å². The summed E-state index contributed by atoms with van der Waals surface area (Å²) in [6.07, 6.45) is 4.93. The van der Waals surface area contributed by atoms with E-state index < -0.39 is 18.6 Å². The lowest BCUT2D eigenvalue weighted by Crippen LogP contribution is -2.43. The van der Waals surface area contributed by atoms with Crippen molar-refractivity contribution in [3.8, 4) is 16.9 Å². The number of halogens is 2. The predicted molar refractivity (Wildman–Crippen MR) is 125 cm³/mol. The minimum Gasteiger partial charge on any atom is -0.435 e. The molecule has 1 aliphatic carbocycles. The van der Waals surface area contributed by atoms with Gasteiger partial charge in [0.25, 0.3) is 0 Å². The van der Waals surface area contributed by atoms with Crippen LogP contribution in [0.4, 0.5) is 20.4 Å². The van der Waals surface area contributed by atoms with Gasteiger partial charge >= 0.3 is 6.61 Å². The number of aliphatic hydroxyl groups excluding tert-OH is 2. The van der Waals surface area contributed by atoms with Crippen molar-refractivity contribution < 1.29 is 28.5 Å². The number of hydrogen-bond acceptors (Lipinski definition) is 7. The Balaban J connectivity index is 1.36. The van der Waals surface area contributed by atoms with Crippen LogP contribution in [0.15, 0.2) is 60.9 Å². The maximum atomic E-state index is 12.6. The molecule has 1 amide bonds. The van der Waals surface area contributed by atoms with E-state index >= 15 is 0 Å². The van der Waals surface area contributed by atoms with Crippen LogP contribution in [0.1, 0.15) is 30.7 Å². The number of nitrogens with one attached hydrogen (secondary N) is 2. The van der Waals surface area contributed by atoms with Crippen molar-refractivity contribution in [2.24, 2.45) is 0 Å². The Morgan fingerprint density at radius 3 is 2.29 bits per heavy atom. The van der Waals surface area contributed by atoms with E-state index in [1.54, 1.807) is 48.8 Å². The lowest BCUT2D eigenvalue weighted by atomic mass is 9.98. The zero-order valence-corrected chi connectivity index (χ0v) is 18.8.